The molecular formula is C21H18N4O2. The predicted molar refractivity (Wildman–Crippen MR) is 105 cm³/mol. The number of anilines is 1. The first kappa shape index (κ1) is 18.0. The van der Waals surface area contributed by atoms with Gasteiger partial charge < -0.3 is 5.32 Å². The van der Waals surface area contributed by atoms with Crippen LogP contribution in [0.25, 0.3) is 0 Å². The smallest absolute Gasteiger partial charge is 0.271 e. The number of rotatable bonds is 5. The molecule has 3 aromatic rings. The van der Waals surface area contributed by atoms with Crippen LogP contribution >= 0.6 is 0 Å². The third-order valence-corrected chi connectivity index (χ3v) is 3.82. The molecule has 2 amide bonds. The molecule has 0 unspecified atom stereocenters. The van der Waals surface area contributed by atoms with E-state index < -0.39 is 0 Å². The molecule has 0 bridgehead atoms. The minimum Gasteiger partial charge on any atom is -0.322 e. The van der Waals surface area contributed by atoms with E-state index in [9.17, 15) is 9.59 Å². The number of amides is 2. The Hall–Kier alpha value is -3.80. The molecule has 0 fully saturated rings. The van der Waals surface area contributed by atoms with Gasteiger partial charge >= 0.3 is 0 Å². The van der Waals surface area contributed by atoms with Crippen molar-refractivity contribution in [1.29, 1.82) is 0 Å². The molecule has 0 aliphatic heterocycles. The lowest BCUT2D eigenvalue weighted by Crippen LogP contribution is -2.18. The molecular weight excluding hydrogens is 340 g/mol. The van der Waals surface area contributed by atoms with Crippen molar-refractivity contribution in [3.8, 4) is 0 Å². The van der Waals surface area contributed by atoms with Crippen molar-refractivity contribution in [2.45, 2.75) is 6.92 Å². The molecule has 1 aromatic heterocycles. The molecule has 0 radical (unpaired) electrons. The van der Waals surface area contributed by atoms with Crippen molar-refractivity contribution in [3.05, 3.63) is 95.3 Å². The minimum absolute atomic E-state index is 0.223. The summed E-state index contributed by atoms with van der Waals surface area (Å²) in [5.41, 5.74) is 5.47. The Kier molecular flexibility index (Phi) is 5.69. The van der Waals surface area contributed by atoms with Gasteiger partial charge in [0.2, 0.25) is 0 Å². The van der Waals surface area contributed by atoms with Crippen molar-refractivity contribution in [3.63, 3.8) is 0 Å². The minimum atomic E-state index is -0.380. The van der Waals surface area contributed by atoms with Crippen LogP contribution in [0.1, 0.15) is 32.0 Å². The summed E-state index contributed by atoms with van der Waals surface area (Å²) in [5.74, 6) is -0.604. The lowest BCUT2D eigenvalue weighted by molar-refractivity contribution is 0.0953. The van der Waals surface area contributed by atoms with E-state index in [-0.39, 0.29) is 11.8 Å². The topological polar surface area (TPSA) is 83.5 Å². The molecule has 2 N–H and O–H groups in total. The van der Waals surface area contributed by atoms with Crippen LogP contribution < -0.4 is 10.7 Å². The number of pyridine rings is 1. The second kappa shape index (κ2) is 8.53. The number of aryl methyl sites for hydroxylation is 1. The first-order valence-corrected chi connectivity index (χ1v) is 8.35. The fraction of sp³-hybridized carbons (Fsp3) is 0.0476. The molecule has 134 valence electrons. The van der Waals surface area contributed by atoms with Crippen molar-refractivity contribution in [1.82, 2.24) is 10.4 Å². The summed E-state index contributed by atoms with van der Waals surface area (Å²) in [5, 5.41) is 6.70. The molecule has 3 rings (SSSR count). The van der Waals surface area contributed by atoms with E-state index in [4.69, 9.17) is 0 Å². The lowest BCUT2D eigenvalue weighted by Gasteiger charge is -2.08. The fourth-order valence-corrected chi connectivity index (χ4v) is 2.44. The normalized spacial score (nSPS) is 10.6. The number of carbonyl (C=O) groups excluding carboxylic acids is 2. The van der Waals surface area contributed by atoms with Crippen molar-refractivity contribution >= 4 is 23.7 Å². The first-order chi connectivity index (χ1) is 13.1. The zero-order valence-electron chi connectivity index (χ0n) is 14.7. The second-order valence-corrected chi connectivity index (χ2v) is 5.80. The van der Waals surface area contributed by atoms with Gasteiger partial charge in [-0.3, -0.25) is 14.6 Å². The van der Waals surface area contributed by atoms with Gasteiger partial charge in [-0.15, -0.1) is 0 Å². The monoisotopic (exact) mass is 358 g/mol. The number of hydrogen-bond acceptors (Lipinski definition) is 4. The highest BCUT2D eigenvalue weighted by atomic mass is 16.2. The number of nitrogens with zero attached hydrogens (tertiary/aromatic N) is 2. The van der Waals surface area contributed by atoms with Crippen LogP contribution in [0.15, 0.2) is 78.0 Å². The summed E-state index contributed by atoms with van der Waals surface area (Å²) in [6.07, 6.45) is 3.10. The quantitative estimate of drug-likeness (QED) is 0.541. The molecule has 2 aromatic carbocycles. The van der Waals surface area contributed by atoms with Crippen LogP contribution in [0.2, 0.25) is 0 Å². The van der Waals surface area contributed by atoms with Crippen LogP contribution in [0, 0.1) is 6.92 Å². The van der Waals surface area contributed by atoms with E-state index in [0.29, 0.717) is 22.5 Å². The van der Waals surface area contributed by atoms with E-state index in [1.807, 2.05) is 31.2 Å². The van der Waals surface area contributed by atoms with Crippen LogP contribution in [0.5, 0.6) is 0 Å². The maximum atomic E-state index is 12.4. The van der Waals surface area contributed by atoms with Crippen LogP contribution in [-0.2, 0) is 0 Å². The van der Waals surface area contributed by atoms with Crippen molar-refractivity contribution in [2.75, 3.05) is 5.32 Å². The number of nitrogens with one attached hydrogen (secondary N) is 2. The van der Waals surface area contributed by atoms with Gasteiger partial charge in [0, 0.05) is 23.0 Å². The largest absolute Gasteiger partial charge is 0.322 e. The molecule has 0 saturated heterocycles. The third-order valence-electron chi connectivity index (χ3n) is 3.82. The Labute approximate surface area is 157 Å². The van der Waals surface area contributed by atoms with Crippen molar-refractivity contribution < 1.29 is 9.59 Å². The summed E-state index contributed by atoms with van der Waals surface area (Å²) >= 11 is 0. The Bertz CT molecular complexity index is 984. The Balaban J connectivity index is 1.66. The number of hydrogen-bond donors (Lipinski definition) is 2. The average molecular weight is 358 g/mol. The van der Waals surface area contributed by atoms with Gasteiger partial charge in [0.15, 0.2) is 0 Å². The number of hydrazone groups is 1. The molecule has 1 heterocycles. The predicted octanol–water partition coefficient (Wildman–Crippen LogP) is 3.41. The van der Waals surface area contributed by atoms with Gasteiger partial charge in [-0.2, -0.15) is 5.10 Å². The number of aromatic nitrogens is 1. The summed E-state index contributed by atoms with van der Waals surface area (Å²) in [7, 11) is 0. The van der Waals surface area contributed by atoms with Gasteiger partial charge in [0.1, 0.15) is 0 Å². The molecule has 0 saturated carbocycles. The highest BCUT2D eigenvalue weighted by Crippen LogP contribution is 2.14. The third kappa shape index (κ3) is 4.85. The maximum absolute atomic E-state index is 12.4. The van der Waals surface area contributed by atoms with Gasteiger partial charge in [0.05, 0.1) is 11.9 Å². The zero-order chi connectivity index (χ0) is 19.1. The standard InChI is InChI=1S/C21H18N4O2/c1-15-7-2-3-11-19(15)21(27)24-17-10-6-8-16(13-17)20(26)25-23-14-18-9-4-5-12-22-18/h2-14H,1H3,(H,24,27)(H,25,26)/b23-14-. The number of carbonyl (C=O) groups is 2. The van der Waals surface area contributed by atoms with Gasteiger partial charge in [-0.05, 0) is 48.9 Å². The van der Waals surface area contributed by atoms with Gasteiger partial charge in [-0.25, -0.2) is 5.43 Å². The SMILES string of the molecule is Cc1ccccc1C(=O)Nc1cccc(C(=O)N/N=C\c2ccccn2)c1. The van der Waals surface area contributed by atoms with E-state index in [1.54, 1.807) is 48.7 Å². The van der Waals surface area contributed by atoms with Gasteiger partial charge in [-0.1, -0.05) is 30.3 Å². The molecule has 6 nitrogen and oxygen atoms in total. The molecule has 0 aliphatic carbocycles. The Morgan fingerprint density at radius 2 is 1.78 bits per heavy atom. The molecule has 0 atom stereocenters. The van der Waals surface area contributed by atoms with E-state index in [1.165, 1.54) is 6.21 Å². The maximum Gasteiger partial charge on any atom is 0.271 e. The highest BCUT2D eigenvalue weighted by molar-refractivity contribution is 6.06. The molecule has 0 aliphatic rings. The van der Waals surface area contributed by atoms with Crippen LogP contribution in [0.4, 0.5) is 5.69 Å². The molecule has 27 heavy (non-hydrogen) atoms. The number of benzene rings is 2. The van der Waals surface area contributed by atoms with Gasteiger partial charge in [0.25, 0.3) is 11.8 Å². The van der Waals surface area contributed by atoms with E-state index in [2.05, 4.69) is 20.8 Å². The first-order valence-electron chi connectivity index (χ1n) is 8.35. The van der Waals surface area contributed by atoms with Crippen molar-refractivity contribution in [2.24, 2.45) is 5.10 Å². The Morgan fingerprint density at radius 1 is 0.963 bits per heavy atom. The summed E-state index contributed by atoms with van der Waals surface area (Å²) < 4.78 is 0. The lowest BCUT2D eigenvalue weighted by atomic mass is 10.1. The summed E-state index contributed by atoms with van der Waals surface area (Å²) in [4.78, 5) is 28.7. The molecule has 0 spiro atoms. The molecule has 6 heteroatoms. The van der Waals surface area contributed by atoms with Crippen LogP contribution in [-0.4, -0.2) is 23.0 Å². The second-order valence-electron chi connectivity index (χ2n) is 5.80. The highest BCUT2D eigenvalue weighted by Gasteiger charge is 2.10. The average Bonchev–Trinajstić information content (AvgIpc) is 2.69. The summed E-state index contributed by atoms with van der Waals surface area (Å²) in [6, 6.07) is 19.4. The Morgan fingerprint density at radius 3 is 2.56 bits per heavy atom. The van der Waals surface area contributed by atoms with E-state index >= 15 is 0 Å². The summed E-state index contributed by atoms with van der Waals surface area (Å²) in [6.45, 7) is 1.87. The van der Waals surface area contributed by atoms with Crippen LogP contribution in [0.3, 0.4) is 0 Å². The zero-order valence-corrected chi connectivity index (χ0v) is 14.7. The van der Waals surface area contributed by atoms with E-state index in [0.717, 1.165) is 5.56 Å². The fourth-order valence-electron chi connectivity index (χ4n) is 2.44.